The summed E-state index contributed by atoms with van der Waals surface area (Å²) in [5, 5.41) is 13.5. The molecule has 1 N–H and O–H groups in total. The highest BCUT2D eigenvalue weighted by molar-refractivity contribution is 9.10. The Morgan fingerprint density at radius 3 is 2.28 bits per heavy atom. The van der Waals surface area contributed by atoms with Gasteiger partial charge in [-0.25, -0.2) is 0 Å². The normalized spacial score (nSPS) is 11.6. The van der Waals surface area contributed by atoms with Crippen molar-refractivity contribution in [2.75, 3.05) is 0 Å². The van der Waals surface area contributed by atoms with Crippen LogP contribution < -0.4 is 0 Å². The van der Waals surface area contributed by atoms with Gasteiger partial charge in [0.2, 0.25) is 0 Å². The van der Waals surface area contributed by atoms with Crippen LogP contribution in [0.4, 0.5) is 0 Å². The van der Waals surface area contributed by atoms with Crippen LogP contribution >= 0.6 is 39.1 Å². The van der Waals surface area contributed by atoms with Crippen molar-refractivity contribution in [2.24, 2.45) is 5.16 Å². The van der Waals surface area contributed by atoms with Crippen LogP contribution in [-0.2, 0) is 0 Å². The minimum atomic E-state index is 0.407. The second-order valence-electron chi connectivity index (χ2n) is 3.58. The molecule has 0 saturated carbocycles. The van der Waals surface area contributed by atoms with Crippen molar-refractivity contribution in [1.82, 2.24) is 0 Å². The first kappa shape index (κ1) is 13.4. The van der Waals surface area contributed by atoms with E-state index in [1.165, 1.54) is 0 Å². The molecule has 18 heavy (non-hydrogen) atoms. The molecule has 2 rings (SSSR count). The lowest BCUT2D eigenvalue weighted by atomic mass is 10.0. The summed E-state index contributed by atoms with van der Waals surface area (Å²) >= 11 is 15.3. The maximum absolute atomic E-state index is 9.18. The van der Waals surface area contributed by atoms with E-state index in [0.717, 1.165) is 10.0 Å². The summed E-state index contributed by atoms with van der Waals surface area (Å²) in [5.41, 5.74) is 1.81. The van der Waals surface area contributed by atoms with Gasteiger partial charge in [0.15, 0.2) is 0 Å². The Hall–Kier alpha value is -1.03. The van der Waals surface area contributed by atoms with Crippen LogP contribution in [0.5, 0.6) is 0 Å². The van der Waals surface area contributed by atoms with Crippen molar-refractivity contribution >= 4 is 44.8 Å². The summed E-state index contributed by atoms with van der Waals surface area (Å²) in [6.45, 7) is 0. The van der Waals surface area contributed by atoms with Crippen LogP contribution in [0, 0.1) is 0 Å². The zero-order chi connectivity index (χ0) is 13.1. The molecule has 0 bridgehead atoms. The van der Waals surface area contributed by atoms with Gasteiger partial charge in [-0.2, -0.15) is 0 Å². The predicted molar refractivity (Wildman–Crippen MR) is 78.0 cm³/mol. The monoisotopic (exact) mass is 343 g/mol. The molecule has 2 nitrogen and oxygen atoms in total. The predicted octanol–water partition coefficient (Wildman–Crippen LogP) is 4.98. The Bertz CT molecular complexity index is 596. The number of halogens is 3. The highest BCUT2D eigenvalue weighted by Gasteiger charge is 2.11. The van der Waals surface area contributed by atoms with E-state index in [1.54, 1.807) is 18.2 Å². The largest absolute Gasteiger partial charge is 0.410 e. The Balaban J connectivity index is 2.49. The second-order valence-corrected chi connectivity index (χ2v) is 5.34. The van der Waals surface area contributed by atoms with Crippen LogP contribution in [0.1, 0.15) is 11.1 Å². The van der Waals surface area contributed by atoms with Crippen LogP contribution in [0.25, 0.3) is 0 Å². The van der Waals surface area contributed by atoms with E-state index in [4.69, 9.17) is 23.2 Å². The van der Waals surface area contributed by atoms with E-state index < -0.39 is 0 Å². The fourth-order valence-electron chi connectivity index (χ4n) is 1.56. The van der Waals surface area contributed by atoms with Crippen LogP contribution in [0.2, 0.25) is 10.0 Å². The van der Waals surface area contributed by atoms with E-state index in [1.807, 2.05) is 24.3 Å². The lowest BCUT2D eigenvalue weighted by Crippen LogP contribution is -2.04. The molecule has 0 aliphatic carbocycles. The quantitative estimate of drug-likeness (QED) is 0.465. The van der Waals surface area contributed by atoms with Gasteiger partial charge in [-0.3, -0.25) is 0 Å². The van der Waals surface area contributed by atoms with Crippen molar-refractivity contribution in [3.05, 3.63) is 68.1 Å². The maximum atomic E-state index is 9.18. The van der Waals surface area contributed by atoms with Crippen molar-refractivity contribution in [2.45, 2.75) is 0 Å². The number of benzene rings is 2. The SMILES string of the molecule is O/N=C(\c1ccc(Br)cc1)c1ccc(Cl)cc1Cl. The molecular weight excluding hydrogens is 337 g/mol. The molecule has 0 spiro atoms. The third-order valence-electron chi connectivity index (χ3n) is 2.40. The number of nitrogens with zero attached hydrogens (tertiary/aromatic N) is 1. The minimum Gasteiger partial charge on any atom is -0.410 e. The number of hydrogen-bond acceptors (Lipinski definition) is 2. The van der Waals surface area contributed by atoms with Gasteiger partial charge in [0.05, 0.1) is 5.02 Å². The summed E-state index contributed by atoms with van der Waals surface area (Å²) in [7, 11) is 0. The van der Waals surface area contributed by atoms with Gasteiger partial charge in [-0.1, -0.05) is 56.4 Å². The third kappa shape index (κ3) is 2.86. The van der Waals surface area contributed by atoms with Gasteiger partial charge in [0.25, 0.3) is 0 Å². The summed E-state index contributed by atoms with van der Waals surface area (Å²) < 4.78 is 0.950. The molecule has 2 aromatic rings. The zero-order valence-electron chi connectivity index (χ0n) is 9.07. The van der Waals surface area contributed by atoms with Crippen molar-refractivity contribution in [1.29, 1.82) is 0 Å². The molecule has 0 amide bonds. The van der Waals surface area contributed by atoms with Gasteiger partial charge in [-0.05, 0) is 30.3 Å². The summed E-state index contributed by atoms with van der Waals surface area (Å²) in [4.78, 5) is 0. The molecule has 0 heterocycles. The molecule has 0 atom stereocenters. The Kier molecular flexibility index (Phi) is 4.27. The second kappa shape index (κ2) is 5.74. The van der Waals surface area contributed by atoms with Gasteiger partial charge in [-0.15, -0.1) is 0 Å². The molecular formula is C13H8BrCl2NO. The van der Waals surface area contributed by atoms with Gasteiger partial charge < -0.3 is 5.21 Å². The average molecular weight is 345 g/mol. The third-order valence-corrected chi connectivity index (χ3v) is 3.48. The lowest BCUT2D eigenvalue weighted by molar-refractivity contribution is 0.319. The molecule has 92 valence electrons. The molecule has 0 unspecified atom stereocenters. The Morgan fingerprint density at radius 1 is 1.06 bits per heavy atom. The molecule has 0 saturated heterocycles. The van der Waals surface area contributed by atoms with E-state index >= 15 is 0 Å². The maximum Gasteiger partial charge on any atom is 0.118 e. The van der Waals surface area contributed by atoms with E-state index in [2.05, 4.69) is 21.1 Å². The van der Waals surface area contributed by atoms with Crippen molar-refractivity contribution in [3.63, 3.8) is 0 Å². The topological polar surface area (TPSA) is 32.6 Å². The highest BCUT2D eigenvalue weighted by Crippen LogP contribution is 2.24. The standard InChI is InChI=1S/C13H8BrCl2NO/c14-9-3-1-8(2-4-9)13(17-18)11-6-5-10(15)7-12(11)16/h1-7,18H/b17-13+. The van der Waals surface area contributed by atoms with E-state index in [0.29, 0.717) is 21.3 Å². The first-order valence-electron chi connectivity index (χ1n) is 5.05. The lowest BCUT2D eigenvalue weighted by Gasteiger charge is -2.07. The Labute approximate surface area is 123 Å². The van der Waals surface area contributed by atoms with Crippen LogP contribution in [0.3, 0.4) is 0 Å². The minimum absolute atomic E-state index is 0.407. The average Bonchev–Trinajstić information content (AvgIpc) is 2.35. The van der Waals surface area contributed by atoms with E-state index in [-0.39, 0.29) is 0 Å². The number of oxime groups is 1. The zero-order valence-corrected chi connectivity index (χ0v) is 12.2. The van der Waals surface area contributed by atoms with Gasteiger partial charge in [0.1, 0.15) is 5.71 Å². The smallest absolute Gasteiger partial charge is 0.118 e. The Morgan fingerprint density at radius 2 is 1.72 bits per heavy atom. The number of hydrogen-bond donors (Lipinski definition) is 1. The molecule has 0 fully saturated rings. The van der Waals surface area contributed by atoms with Crippen LogP contribution in [-0.4, -0.2) is 10.9 Å². The summed E-state index contributed by atoms with van der Waals surface area (Å²) in [6, 6.07) is 12.4. The fourth-order valence-corrected chi connectivity index (χ4v) is 2.32. The van der Waals surface area contributed by atoms with Crippen LogP contribution in [0.15, 0.2) is 52.1 Å². The fraction of sp³-hybridized carbons (Fsp3) is 0. The number of rotatable bonds is 2. The van der Waals surface area contributed by atoms with Crippen molar-refractivity contribution < 1.29 is 5.21 Å². The molecule has 0 aromatic heterocycles. The van der Waals surface area contributed by atoms with Gasteiger partial charge >= 0.3 is 0 Å². The molecule has 0 aliphatic rings. The summed E-state index contributed by atoms with van der Waals surface area (Å²) in [5.74, 6) is 0. The molecule has 0 aliphatic heterocycles. The first-order valence-corrected chi connectivity index (χ1v) is 6.60. The summed E-state index contributed by atoms with van der Waals surface area (Å²) in [6.07, 6.45) is 0. The first-order chi connectivity index (χ1) is 8.61. The molecule has 5 heteroatoms. The van der Waals surface area contributed by atoms with E-state index in [9.17, 15) is 5.21 Å². The van der Waals surface area contributed by atoms with Gasteiger partial charge in [0, 0.05) is 20.6 Å². The molecule has 2 aromatic carbocycles. The highest BCUT2D eigenvalue weighted by atomic mass is 79.9. The molecule has 0 radical (unpaired) electrons. The van der Waals surface area contributed by atoms with Crippen molar-refractivity contribution in [3.8, 4) is 0 Å².